The standard InChI is InChI=1S/C21H32Cl2N4O.HI/c1-24-21(25-9-2-3-17-4-5-18(22)13-20(17)23)26-19-6-10-27(11-7-19)14-16-8-12-28-15-16;/h4-5,13,16,19H,2-3,6-12,14-15H2,1H3,(H2,24,25,26);1H. The van der Waals surface area contributed by atoms with E-state index in [1.54, 1.807) is 6.07 Å². The van der Waals surface area contributed by atoms with Gasteiger partial charge in [-0.15, -0.1) is 24.0 Å². The molecule has 2 N–H and O–H groups in total. The van der Waals surface area contributed by atoms with Gasteiger partial charge in [0, 0.05) is 55.9 Å². The first-order valence-corrected chi connectivity index (χ1v) is 11.1. The molecule has 2 fully saturated rings. The SMILES string of the molecule is CN=C(NCCCc1ccc(Cl)cc1Cl)NC1CCN(CC2CCOC2)CC1.I. The number of hydrogen-bond donors (Lipinski definition) is 2. The zero-order valence-corrected chi connectivity index (χ0v) is 21.0. The fourth-order valence-electron chi connectivity index (χ4n) is 3.95. The van der Waals surface area contributed by atoms with Gasteiger partial charge in [0.1, 0.15) is 0 Å². The number of guanidine groups is 1. The molecule has 1 unspecified atom stereocenters. The van der Waals surface area contributed by atoms with E-state index in [2.05, 4.69) is 20.5 Å². The summed E-state index contributed by atoms with van der Waals surface area (Å²) >= 11 is 12.2. The van der Waals surface area contributed by atoms with Crippen LogP contribution in [0.25, 0.3) is 0 Å². The van der Waals surface area contributed by atoms with E-state index in [0.717, 1.165) is 81.0 Å². The first kappa shape index (κ1) is 25.0. The van der Waals surface area contributed by atoms with Crippen molar-refractivity contribution in [3.8, 4) is 0 Å². The molecule has 3 rings (SSSR count). The summed E-state index contributed by atoms with van der Waals surface area (Å²) in [6.45, 7) is 6.23. The summed E-state index contributed by atoms with van der Waals surface area (Å²) in [5.74, 6) is 1.62. The maximum Gasteiger partial charge on any atom is 0.191 e. The molecule has 2 aliphatic rings. The van der Waals surface area contributed by atoms with Crippen molar-refractivity contribution in [1.82, 2.24) is 15.5 Å². The Hall–Kier alpha value is -0.280. The van der Waals surface area contributed by atoms with Crippen LogP contribution in [0, 0.1) is 5.92 Å². The van der Waals surface area contributed by atoms with Crippen molar-refractivity contribution in [3.63, 3.8) is 0 Å². The Kier molecular flexibility index (Phi) is 11.4. The van der Waals surface area contributed by atoms with Crippen molar-refractivity contribution in [1.29, 1.82) is 0 Å². The molecule has 2 aliphatic heterocycles. The fraction of sp³-hybridized carbons (Fsp3) is 0.667. The Morgan fingerprint density at radius 2 is 2.03 bits per heavy atom. The number of ether oxygens (including phenoxy) is 1. The van der Waals surface area contributed by atoms with Crippen LogP contribution < -0.4 is 10.6 Å². The van der Waals surface area contributed by atoms with E-state index in [-0.39, 0.29) is 24.0 Å². The third-order valence-electron chi connectivity index (χ3n) is 5.62. The fourth-order valence-corrected chi connectivity index (χ4v) is 4.45. The highest BCUT2D eigenvalue weighted by Crippen LogP contribution is 2.22. The van der Waals surface area contributed by atoms with Gasteiger partial charge in [-0.3, -0.25) is 4.99 Å². The summed E-state index contributed by atoms with van der Waals surface area (Å²) in [5.41, 5.74) is 1.14. The van der Waals surface area contributed by atoms with Crippen LogP contribution in [0.1, 0.15) is 31.2 Å². The largest absolute Gasteiger partial charge is 0.381 e. The maximum atomic E-state index is 6.24. The second-order valence-corrected chi connectivity index (χ2v) is 8.63. The van der Waals surface area contributed by atoms with Crippen molar-refractivity contribution >= 4 is 53.1 Å². The second-order valence-electron chi connectivity index (χ2n) is 7.79. The average molecular weight is 555 g/mol. The van der Waals surface area contributed by atoms with Crippen molar-refractivity contribution in [2.45, 2.75) is 38.1 Å². The Morgan fingerprint density at radius 1 is 1.24 bits per heavy atom. The smallest absolute Gasteiger partial charge is 0.191 e. The van der Waals surface area contributed by atoms with Gasteiger partial charge < -0.3 is 20.3 Å². The normalized spacial score (nSPS) is 21.1. The minimum absolute atomic E-state index is 0. The first-order chi connectivity index (χ1) is 13.6. The molecule has 164 valence electrons. The highest BCUT2D eigenvalue weighted by atomic mass is 127. The number of aliphatic imine (C=N–C) groups is 1. The third kappa shape index (κ3) is 8.40. The van der Waals surface area contributed by atoms with Crippen LogP contribution >= 0.6 is 47.2 Å². The van der Waals surface area contributed by atoms with E-state index >= 15 is 0 Å². The van der Waals surface area contributed by atoms with Gasteiger partial charge in [-0.1, -0.05) is 29.3 Å². The first-order valence-electron chi connectivity index (χ1n) is 10.3. The highest BCUT2D eigenvalue weighted by Gasteiger charge is 2.24. The molecule has 1 aromatic rings. The van der Waals surface area contributed by atoms with E-state index in [0.29, 0.717) is 11.1 Å². The summed E-state index contributed by atoms with van der Waals surface area (Å²) in [6.07, 6.45) is 5.45. The molecule has 0 saturated carbocycles. The number of halogens is 3. The lowest BCUT2D eigenvalue weighted by atomic mass is 10.0. The van der Waals surface area contributed by atoms with Gasteiger partial charge in [-0.05, 0) is 55.7 Å². The van der Waals surface area contributed by atoms with Gasteiger partial charge in [-0.25, -0.2) is 0 Å². The quantitative estimate of drug-likeness (QED) is 0.229. The van der Waals surface area contributed by atoms with Crippen LogP contribution in [-0.2, 0) is 11.2 Å². The molecule has 29 heavy (non-hydrogen) atoms. The summed E-state index contributed by atoms with van der Waals surface area (Å²) in [4.78, 5) is 6.97. The van der Waals surface area contributed by atoms with E-state index in [9.17, 15) is 0 Å². The molecule has 5 nitrogen and oxygen atoms in total. The lowest BCUT2D eigenvalue weighted by Crippen LogP contribution is -2.49. The molecular formula is C21H33Cl2IN4O. The molecule has 1 atom stereocenters. The minimum Gasteiger partial charge on any atom is -0.381 e. The van der Waals surface area contributed by atoms with Gasteiger partial charge >= 0.3 is 0 Å². The van der Waals surface area contributed by atoms with Gasteiger partial charge in [0.15, 0.2) is 5.96 Å². The van der Waals surface area contributed by atoms with Gasteiger partial charge in [0.2, 0.25) is 0 Å². The molecule has 0 aromatic heterocycles. The maximum absolute atomic E-state index is 6.24. The van der Waals surface area contributed by atoms with E-state index in [1.807, 2.05) is 19.2 Å². The monoisotopic (exact) mass is 554 g/mol. The zero-order valence-electron chi connectivity index (χ0n) is 17.1. The predicted molar refractivity (Wildman–Crippen MR) is 133 cm³/mol. The topological polar surface area (TPSA) is 48.9 Å². The Balaban J connectivity index is 0.00000300. The number of likely N-dealkylation sites (tertiary alicyclic amines) is 1. The van der Waals surface area contributed by atoms with Crippen LogP contribution in [0.3, 0.4) is 0 Å². The third-order valence-corrected chi connectivity index (χ3v) is 6.21. The molecule has 0 amide bonds. The summed E-state index contributed by atoms with van der Waals surface area (Å²) in [7, 11) is 1.83. The van der Waals surface area contributed by atoms with Crippen LogP contribution in [0.4, 0.5) is 0 Å². The number of benzene rings is 1. The van der Waals surface area contributed by atoms with Crippen LogP contribution in [0.15, 0.2) is 23.2 Å². The Morgan fingerprint density at radius 3 is 2.69 bits per heavy atom. The van der Waals surface area contributed by atoms with E-state index < -0.39 is 0 Å². The molecule has 2 heterocycles. The summed E-state index contributed by atoms with van der Waals surface area (Å²) < 4.78 is 5.50. The second kappa shape index (κ2) is 13.2. The number of hydrogen-bond acceptors (Lipinski definition) is 3. The average Bonchev–Trinajstić information content (AvgIpc) is 3.20. The molecule has 8 heteroatoms. The molecule has 0 bridgehead atoms. The zero-order chi connectivity index (χ0) is 19.8. The molecule has 1 aromatic carbocycles. The molecule has 2 saturated heterocycles. The Labute approximate surface area is 202 Å². The molecule has 0 spiro atoms. The van der Waals surface area contributed by atoms with Crippen LogP contribution in [-0.4, -0.2) is 63.3 Å². The van der Waals surface area contributed by atoms with Crippen molar-refractivity contribution < 1.29 is 4.74 Å². The lowest BCUT2D eigenvalue weighted by Gasteiger charge is -2.34. The van der Waals surface area contributed by atoms with Crippen molar-refractivity contribution in [3.05, 3.63) is 33.8 Å². The van der Waals surface area contributed by atoms with Gasteiger partial charge in [0.25, 0.3) is 0 Å². The number of rotatable bonds is 7. The van der Waals surface area contributed by atoms with E-state index in [4.69, 9.17) is 27.9 Å². The highest BCUT2D eigenvalue weighted by molar-refractivity contribution is 14.0. The number of nitrogens with zero attached hydrogens (tertiary/aromatic N) is 2. The van der Waals surface area contributed by atoms with Gasteiger partial charge in [0.05, 0.1) is 6.61 Å². The van der Waals surface area contributed by atoms with Crippen molar-refractivity contribution in [2.75, 3.05) is 46.4 Å². The van der Waals surface area contributed by atoms with Gasteiger partial charge in [-0.2, -0.15) is 0 Å². The number of nitrogens with one attached hydrogen (secondary N) is 2. The molecule has 0 radical (unpaired) electrons. The molecule has 0 aliphatic carbocycles. The minimum atomic E-state index is 0. The Bertz CT molecular complexity index is 648. The summed E-state index contributed by atoms with van der Waals surface area (Å²) in [5, 5.41) is 8.43. The van der Waals surface area contributed by atoms with Crippen LogP contribution in [0.2, 0.25) is 10.0 Å². The molecular weight excluding hydrogens is 522 g/mol. The number of piperidine rings is 1. The van der Waals surface area contributed by atoms with Crippen LogP contribution in [0.5, 0.6) is 0 Å². The lowest BCUT2D eigenvalue weighted by molar-refractivity contribution is 0.150. The van der Waals surface area contributed by atoms with E-state index in [1.165, 1.54) is 13.0 Å². The van der Waals surface area contributed by atoms with Crippen molar-refractivity contribution in [2.24, 2.45) is 10.9 Å². The summed E-state index contributed by atoms with van der Waals surface area (Å²) in [6, 6.07) is 6.19. The predicted octanol–water partition coefficient (Wildman–Crippen LogP) is 4.21. The number of aryl methyl sites for hydroxylation is 1.